The number of para-hydroxylation sites is 1. The lowest BCUT2D eigenvalue weighted by atomic mass is 9.62. The molecule has 4 saturated heterocycles. The smallest absolute Gasteiger partial charge is 0.111 e. The van der Waals surface area contributed by atoms with E-state index in [-0.39, 0.29) is 17.7 Å². The van der Waals surface area contributed by atoms with Crippen LogP contribution < -0.4 is 4.90 Å². The average Bonchev–Trinajstić information content (AvgIpc) is 2.97. The van der Waals surface area contributed by atoms with Crippen LogP contribution in [0.3, 0.4) is 0 Å². The van der Waals surface area contributed by atoms with E-state index in [0.29, 0.717) is 35.9 Å². The number of hydrogen-bond acceptors (Lipinski definition) is 4. The summed E-state index contributed by atoms with van der Waals surface area (Å²) in [6, 6.07) is 9.70. The Morgan fingerprint density at radius 2 is 2.00 bits per heavy atom. The summed E-state index contributed by atoms with van der Waals surface area (Å²) in [5, 5.41) is 22.6. The summed E-state index contributed by atoms with van der Waals surface area (Å²) in [7, 11) is 2.19. The van der Waals surface area contributed by atoms with Crippen molar-refractivity contribution in [3.8, 4) is 0 Å². The number of benzene rings is 1. The van der Waals surface area contributed by atoms with Crippen LogP contribution in [-0.2, 0) is 5.41 Å². The number of hydrogen-bond donors (Lipinski definition) is 2. The maximum atomic E-state index is 11.6. The molecule has 0 amide bonds. The lowest BCUT2D eigenvalue weighted by Crippen LogP contribution is -2.72. The number of aliphatic hydroxyl groups is 2. The quantitative estimate of drug-likeness (QED) is 0.822. The van der Waals surface area contributed by atoms with Gasteiger partial charge in [-0.25, -0.2) is 0 Å². The van der Waals surface area contributed by atoms with Gasteiger partial charge >= 0.3 is 0 Å². The van der Waals surface area contributed by atoms with Crippen molar-refractivity contribution in [2.75, 3.05) is 11.9 Å². The lowest BCUT2D eigenvalue weighted by molar-refractivity contribution is -0.211. The van der Waals surface area contributed by atoms with Gasteiger partial charge in [0.15, 0.2) is 0 Å². The number of aliphatic hydroxyl groups excluding tert-OH is 2. The Hall–Kier alpha value is -1.10. The molecule has 0 radical (unpaired) electrons. The zero-order chi connectivity index (χ0) is 16.4. The molecule has 0 aromatic heterocycles. The molecular formula is C20H26N2O2. The van der Waals surface area contributed by atoms with Gasteiger partial charge in [-0.05, 0) is 36.8 Å². The summed E-state index contributed by atoms with van der Waals surface area (Å²) in [5.41, 5.74) is 2.51. The predicted molar refractivity (Wildman–Crippen MR) is 91.7 cm³/mol. The van der Waals surface area contributed by atoms with Crippen LogP contribution in [0.15, 0.2) is 24.3 Å². The van der Waals surface area contributed by atoms with Crippen molar-refractivity contribution in [2.24, 2.45) is 17.8 Å². The van der Waals surface area contributed by atoms with Crippen molar-refractivity contribution in [1.82, 2.24) is 4.90 Å². The van der Waals surface area contributed by atoms with E-state index in [1.54, 1.807) is 0 Å². The summed E-state index contributed by atoms with van der Waals surface area (Å²) in [4.78, 5) is 4.83. The number of piperidine rings is 4. The zero-order valence-corrected chi connectivity index (χ0v) is 14.3. The largest absolute Gasteiger partial charge is 0.392 e. The van der Waals surface area contributed by atoms with Gasteiger partial charge in [-0.1, -0.05) is 25.1 Å². The van der Waals surface area contributed by atoms with Gasteiger partial charge in [-0.3, -0.25) is 4.90 Å². The highest BCUT2D eigenvalue weighted by Crippen LogP contribution is 2.68. The Kier molecular flexibility index (Phi) is 2.45. The van der Waals surface area contributed by atoms with Crippen molar-refractivity contribution in [1.29, 1.82) is 0 Å². The molecule has 1 aliphatic carbocycles. The van der Waals surface area contributed by atoms with Crippen molar-refractivity contribution < 1.29 is 10.2 Å². The van der Waals surface area contributed by atoms with Crippen LogP contribution in [0.1, 0.15) is 31.7 Å². The van der Waals surface area contributed by atoms with Crippen molar-refractivity contribution in [2.45, 2.75) is 62.1 Å². The van der Waals surface area contributed by atoms with Crippen LogP contribution in [0.25, 0.3) is 0 Å². The molecule has 10 atom stereocenters. The normalized spacial score (nSPS) is 55.8. The minimum atomic E-state index is -0.319. The van der Waals surface area contributed by atoms with Crippen molar-refractivity contribution in [3.63, 3.8) is 0 Å². The highest BCUT2D eigenvalue weighted by Gasteiger charge is 2.76. The van der Waals surface area contributed by atoms with Gasteiger partial charge in [0, 0.05) is 42.1 Å². The maximum absolute atomic E-state index is 11.6. The van der Waals surface area contributed by atoms with Gasteiger partial charge in [0.1, 0.15) is 6.23 Å². The van der Waals surface area contributed by atoms with E-state index in [2.05, 4.69) is 48.0 Å². The fourth-order valence-corrected chi connectivity index (χ4v) is 7.88. The van der Waals surface area contributed by atoms with E-state index in [4.69, 9.17) is 0 Å². The first-order valence-electron chi connectivity index (χ1n) is 9.57. The molecule has 128 valence electrons. The molecule has 1 saturated carbocycles. The molecule has 5 fully saturated rings. The SMILES string of the molecule is CC[C@H]1[C@H]2C[C@@H]3[C@@H]4N(C)c5ccccc5[C@@]45C[C@H]([C@@H]2[C@H]5O)N3[C@@H]1O. The molecule has 6 aliphatic rings. The van der Waals surface area contributed by atoms with Crippen LogP contribution in [0, 0.1) is 17.8 Å². The van der Waals surface area contributed by atoms with E-state index in [1.165, 1.54) is 11.3 Å². The molecule has 5 aliphatic heterocycles. The summed E-state index contributed by atoms with van der Waals surface area (Å²) >= 11 is 0. The van der Waals surface area contributed by atoms with E-state index in [9.17, 15) is 10.2 Å². The Morgan fingerprint density at radius 1 is 1.21 bits per heavy atom. The highest BCUT2D eigenvalue weighted by molar-refractivity contribution is 5.67. The molecule has 1 aromatic rings. The molecule has 2 N–H and O–H groups in total. The molecule has 1 spiro atoms. The number of fused-ring (bicyclic) bond motifs is 2. The Balaban J connectivity index is 1.60. The molecule has 4 nitrogen and oxygen atoms in total. The molecule has 5 heterocycles. The van der Waals surface area contributed by atoms with Gasteiger partial charge < -0.3 is 15.1 Å². The molecule has 1 aromatic carbocycles. The summed E-state index contributed by atoms with van der Waals surface area (Å²) < 4.78 is 0. The molecule has 24 heavy (non-hydrogen) atoms. The Labute approximate surface area is 143 Å². The minimum Gasteiger partial charge on any atom is -0.392 e. The van der Waals surface area contributed by atoms with Crippen LogP contribution in [0.2, 0.25) is 0 Å². The summed E-state index contributed by atoms with van der Waals surface area (Å²) in [6.07, 6.45) is 2.56. The van der Waals surface area contributed by atoms with Crippen LogP contribution >= 0.6 is 0 Å². The molecule has 5 bridgehead atoms. The van der Waals surface area contributed by atoms with E-state index < -0.39 is 0 Å². The molecule has 4 heteroatoms. The van der Waals surface area contributed by atoms with E-state index in [1.807, 2.05) is 0 Å². The predicted octanol–water partition coefficient (Wildman–Crippen LogP) is 1.55. The summed E-state index contributed by atoms with van der Waals surface area (Å²) in [5.74, 6) is 1.14. The third kappa shape index (κ3) is 1.20. The highest BCUT2D eigenvalue weighted by atomic mass is 16.3. The molecule has 1 unspecified atom stereocenters. The van der Waals surface area contributed by atoms with E-state index in [0.717, 1.165) is 19.3 Å². The fraction of sp³-hybridized carbons (Fsp3) is 0.700. The van der Waals surface area contributed by atoms with Gasteiger partial charge in [-0.15, -0.1) is 0 Å². The van der Waals surface area contributed by atoms with Gasteiger partial charge in [0.25, 0.3) is 0 Å². The maximum Gasteiger partial charge on any atom is 0.111 e. The first-order chi connectivity index (χ1) is 11.6. The lowest BCUT2D eigenvalue weighted by Gasteiger charge is -2.62. The second-order valence-electron chi connectivity index (χ2n) is 8.81. The Bertz CT molecular complexity index is 723. The third-order valence-electron chi connectivity index (χ3n) is 8.46. The second-order valence-corrected chi connectivity index (χ2v) is 8.81. The van der Waals surface area contributed by atoms with Crippen LogP contribution in [0.5, 0.6) is 0 Å². The zero-order valence-electron chi connectivity index (χ0n) is 14.3. The standard InChI is InChI=1S/C20H26N2O2/c1-3-10-11-8-14-17-20(12-6-4-5-7-13(12)21(17)2)9-15(16(11)18(20)23)22(14)19(10)24/h4-7,10-11,14-19,23-24H,3,8-9H2,1-2H3/t10-,11+,14+,15+,16+,17-,18+,19+,20-/m0/s1. The van der Waals surface area contributed by atoms with Crippen LogP contribution in [-0.4, -0.2) is 52.6 Å². The number of anilines is 1. The van der Waals surface area contributed by atoms with Gasteiger partial charge in [0.2, 0.25) is 0 Å². The number of likely N-dealkylation sites (N-methyl/N-ethyl adjacent to an activating group) is 1. The number of nitrogens with zero attached hydrogens (tertiary/aromatic N) is 2. The third-order valence-corrected chi connectivity index (χ3v) is 8.46. The Morgan fingerprint density at radius 3 is 2.79 bits per heavy atom. The van der Waals surface area contributed by atoms with E-state index >= 15 is 0 Å². The fourth-order valence-electron chi connectivity index (χ4n) is 7.88. The van der Waals surface area contributed by atoms with Crippen molar-refractivity contribution in [3.05, 3.63) is 29.8 Å². The number of rotatable bonds is 1. The first-order valence-corrected chi connectivity index (χ1v) is 9.57. The molecular weight excluding hydrogens is 300 g/mol. The van der Waals surface area contributed by atoms with Crippen molar-refractivity contribution >= 4 is 5.69 Å². The first kappa shape index (κ1) is 14.1. The van der Waals surface area contributed by atoms with Gasteiger partial charge in [-0.2, -0.15) is 0 Å². The van der Waals surface area contributed by atoms with Crippen LogP contribution in [0.4, 0.5) is 5.69 Å². The van der Waals surface area contributed by atoms with Gasteiger partial charge in [0.05, 0.1) is 12.1 Å². The molecule has 7 rings (SSSR count). The monoisotopic (exact) mass is 326 g/mol. The topological polar surface area (TPSA) is 46.9 Å². The summed E-state index contributed by atoms with van der Waals surface area (Å²) in [6.45, 7) is 2.19. The average molecular weight is 326 g/mol. The second kappa shape index (κ2) is 4.17. The minimum absolute atomic E-state index is 0.126.